The molecule has 98 valence electrons. The molecule has 0 saturated carbocycles. The summed E-state index contributed by atoms with van der Waals surface area (Å²) in [4.78, 5) is 24.0. The number of nitrogens with zero attached hydrogens (tertiary/aromatic N) is 1. The maximum Gasteiger partial charge on any atom is 0.317 e. The Kier molecular flexibility index (Phi) is 3.86. The lowest BCUT2D eigenvalue weighted by molar-refractivity contribution is -0.138. The van der Waals surface area contributed by atoms with Crippen molar-refractivity contribution in [2.45, 2.75) is 19.4 Å². The number of aliphatic carboxylic acids is 1. The summed E-state index contributed by atoms with van der Waals surface area (Å²) in [7, 11) is 0. The molecule has 2 rings (SSSR count). The highest BCUT2D eigenvalue weighted by atomic mass is 16.4. The van der Waals surface area contributed by atoms with Crippen molar-refractivity contribution >= 4 is 12.0 Å². The van der Waals surface area contributed by atoms with Crippen LogP contribution in [0.5, 0.6) is 0 Å². The van der Waals surface area contributed by atoms with Crippen molar-refractivity contribution in [3.05, 3.63) is 24.2 Å². The van der Waals surface area contributed by atoms with Gasteiger partial charge in [-0.1, -0.05) is 0 Å². The molecule has 0 aliphatic carbocycles. The molecule has 1 saturated heterocycles. The molecule has 1 atom stereocenters. The van der Waals surface area contributed by atoms with E-state index in [9.17, 15) is 9.59 Å². The van der Waals surface area contributed by atoms with Crippen LogP contribution in [0.2, 0.25) is 0 Å². The predicted octanol–water partition coefficient (Wildman–Crippen LogP) is 1.29. The average Bonchev–Trinajstić information content (AvgIpc) is 2.95. The number of rotatable bonds is 4. The summed E-state index contributed by atoms with van der Waals surface area (Å²) < 4.78 is 5.11. The molecule has 0 spiro atoms. The second kappa shape index (κ2) is 5.57. The fourth-order valence-electron chi connectivity index (χ4n) is 2.12. The lowest BCUT2D eigenvalue weighted by Crippen LogP contribution is -2.38. The minimum absolute atomic E-state index is 0.0665. The summed E-state index contributed by atoms with van der Waals surface area (Å²) in [5.41, 5.74) is 0. The summed E-state index contributed by atoms with van der Waals surface area (Å²) >= 11 is 0. The lowest BCUT2D eigenvalue weighted by atomic mass is 10.1. The third kappa shape index (κ3) is 3.26. The van der Waals surface area contributed by atoms with E-state index in [4.69, 9.17) is 9.52 Å². The van der Waals surface area contributed by atoms with E-state index in [0.29, 0.717) is 25.4 Å². The Morgan fingerprint density at radius 1 is 1.56 bits per heavy atom. The minimum Gasteiger partial charge on any atom is -0.481 e. The van der Waals surface area contributed by atoms with Crippen LogP contribution in [0.4, 0.5) is 4.79 Å². The van der Waals surface area contributed by atoms with E-state index < -0.39 is 5.97 Å². The number of hydrogen-bond acceptors (Lipinski definition) is 3. The highest BCUT2D eigenvalue weighted by molar-refractivity contribution is 5.74. The SMILES string of the molecule is O=C(O)CC1CCN(C(=O)NCc2ccco2)C1. The Labute approximate surface area is 105 Å². The van der Waals surface area contributed by atoms with Gasteiger partial charge in [-0.3, -0.25) is 4.79 Å². The molecule has 1 aromatic heterocycles. The number of furan rings is 1. The number of carboxylic acid groups (broad SMARTS) is 1. The van der Waals surface area contributed by atoms with Gasteiger partial charge in [0, 0.05) is 19.5 Å². The van der Waals surface area contributed by atoms with E-state index in [2.05, 4.69) is 5.32 Å². The van der Waals surface area contributed by atoms with E-state index in [1.54, 1.807) is 23.3 Å². The van der Waals surface area contributed by atoms with Crippen LogP contribution in [0.1, 0.15) is 18.6 Å². The van der Waals surface area contributed by atoms with Gasteiger partial charge >= 0.3 is 12.0 Å². The zero-order valence-corrected chi connectivity index (χ0v) is 9.96. The maximum absolute atomic E-state index is 11.8. The number of nitrogens with one attached hydrogen (secondary N) is 1. The Morgan fingerprint density at radius 3 is 3.06 bits per heavy atom. The van der Waals surface area contributed by atoms with Gasteiger partial charge in [-0.25, -0.2) is 4.79 Å². The Bertz CT molecular complexity index is 416. The molecule has 1 aliphatic heterocycles. The first kappa shape index (κ1) is 12.5. The van der Waals surface area contributed by atoms with Gasteiger partial charge in [-0.15, -0.1) is 0 Å². The number of carbonyl (C=O) groups is 2. The smallest absolute Gasteiger partial charge is 0.317 e. The van der Waals surface area contributed by atoms with Gasteiger partial charge in [-0.05, 0) is 24.5 Å². The fourth-order valence-corrected chi connectivity index (χ4v) is 2.12. The van der Waals surface area contributed by atoms with Crippen molar-refractivity contribution < 1.29 is 19.1 Å². The van der Waals surface area contributed by atoms with Crippen LogP contribution >= 0.6 is 0 Å². The Morgan fingerprint density at radius 2 is 2.39 bits per heavy atom. The molecule has 1 aliphatic rings. The van der Waals surface area contributed by atoms with Crippen LogP contribution in [0.3, 0.4) is 0 Å². The largest absolute Gasteiger partial charge is 0.481 e. The monoisotopic (exact) mass is 252 g/mol. The van der Waals surface area contributed by atoms with Crippen molar-refractivity contribution in [3.8, 4) is 0 Å². The molecule has 1 unspecified atom stereocenters. The normalized spacial score (nSPS) is 18.9. The van der Waals surface area contributed by atoms with Gasteiger partial charge in [0.15, 0.2) is 0 Å². The van der Waals surface area contributed by atoms with Crippen LogP contribution in [0.15, 0.2) is 22.8 Å². The molecule has 1 fully saturated rings. The van der Waals surface area contributed by atoms with Crippen molar-refractivity contribution in [2.75, 3.05) is 13.1 Å². The van der Waals surface area contributed by atoms with Crippen LogP contribution in [-0.4, -0.2) is 35.1 Å². The molecule has 2 amide bonds. The van der Waals surface area contributed by atoms with Crippen LogP contribution in [0, 0.1) is 5.92 Å². The van der Waals surface area contributed by atoms with E-state index in [1.807, 2.05) is 0 Å². The summed E-state index contributed by atoms with van der Waals surface area (Å²) in [6.45, 7) is 1.48. The summed E-state index contributed by atoms with van der Waals surface area (Å²) in [6, 6.07) is 3.39. The van der Waals surface area contributed by atoms with Crippen molar-refractivity contribution in [2.24, 2.45) is 5.92 Å². The highest BCUT2D eigenvalue weighted by Gasteiger charge is 2.27. The molecule has 0 aromatic carbocycles. The number of carboxylic acids is 1. The summed E-state index contributed by atoms with van der Waals surface area (Å²) in [6.07, 6.45) is 2.43. The van der Waals surface area contributed by atoms with E-state index in [0.717, 1.165) is 6.42 Å². The molecule has 0 bridgehead atoms. The van der Waals surface area contributed by atoms with Gasteiger partial charge in [-0.2, -0.15) is 0 Å². The van der Waals surface area contributed by atoms with Crippen molar-refractivity contribution in [1.29, 1.82) is 0 Å². The highest BCUT2D eigenvalue weighted by Crippen LogP contribution is 2.19. The van der Waals surface area contributed by atoms with Gasteiger partial charge < -0.3 is 19.7 Å². The van der Waals surface area contributed by atoms with Gasteiger partial charge in [0.25, 0.3) is 0 Å². The molecule has 1 aromatic rings. The molecule has 6 nitrogen and oxygen atoms in total. The third-order valence-corrected chi connectivity index (χ3v) is 3.03. The number of carbonyl (C=O) groups excluding carboxylic acids is 1. The number of hydrogen-bond donors (Lipinski definition) is 2. The zero-order chi connectivity index (χ0) is 13.0. The summed E-state index contributed by atoms with van der Waals surface area (Å²) in [5, 5.41) is 11.4. The topological polar surface area (TPSA) is 82.8 Å². The first-order valence-corrected chi connectivity index (χ1v) is 5.92. The van der Waals surface area contributed by atoms with Crippen LogP contribution in [-0.2, 0) is 11.3 Å². The maximum atomic E-state index is 11.8. The predicted molar refractivity (Wildman–Crippen MR) is 62.9 cm³/mol. The average molecular weight is 252 g/mol. The van der Waals surface area contributed by atoms with E-state index in [1.165, 1.54) is 0 Å². The standard InChI is InChI=1S/C12H16N2O4/c15-11(16)6-9-3-4-14(8-9)12(17)13-7-10-2-1-5-18-10/h1-2,5,9H,3-4,6-8H2,(H,13,17)(H,15,16). The zero-order valence-electron chi connectivity index (χ0n) is 9.96. The first-order valence-electron chi connectivity index (χ1n) is 5.92. The van der Waals surface area contributed by atoms with Gasteiger partial charge in [0.1, 0.15) is 5.76 Å². The Balaban J connectivity index is 1.75. The summed E-state index contributed by atoms with van der Waals surface area (Å²) in [5.74, 6) is -0.0423. The quantitative estimate of drug-likeness (QED) is 0.845. The number of urea groups is 1. The Hall–Kier alpha value is -1.98. The van der Waals surface area contributed by atoms with Crippen LogP contribution in [0.25, 0.3) is 0 Å². The van der Waals surface area contributed by atoms with Crippen LogP contribution < -0.4 is 5.32 Å². The second-order valence-corrected chi connectivity index (χ2v) is 4.44. The van der Waals surface area contributed by atoms with Crippen molar-refractivity contribution in [3.63, 3.8) is 0 Å². The first-order chi connectivity index (χ1) is 8.65. The second-order valence-electron chi connectivity index (χ2n) is 4.44. The third-order valence-electron chi connectivity index (χ3n) is 3.03. The molecular formula is C12H16N2O4. The molecule has 18 heavy (non-hydrogen) atoms. The van der Waals surface area contributed by atoms with Gasteiger partial charge in [0.2, 0.25) is 0 Å². The van der Waals surface area contributed by atoms with E-state index in [-0.39, 0.29) is 18.4 Å². The number of likely N-dealkylation sites (tertiary alicyclic amines) is 1. The van der Waals surface area contributed by atoms with Crippen molar-refractivity contribution in [1.82, 2.24) is 10.2 Å². The fraction of sp³-hybridized carbons (Fsp3) is 0.500. The lowest BCUT2D eigenvalue weighted by Gasteiger charge is -2.16. The van der Waals surface area contributed by atoms with Gasteiger partial charge in [0.05, 0.1) is 12.8 Å². The van der Waals surface area contributed by atoms with E-state index >= 15 is 0 Å². The minimum atomic E-state index is -0.808. The molecule has 2 heterocycles. The molecule has 0 radical (unpaired) electrons. The molecule has 2 N–H and O–H groups in total. The number of amides is 2. The molecular weight excluding hydrogens is 236 g/mol. The molecule has 6 heteroatoms.